The molecule has 0 unspecified atom stereocenters. The highest BCUT2D eigenvalue weighted by molar-refractivity contribution is 7.16. The Morgan fingerprint density at radius 3 is 2.87 bits per heavy atom. The fraction of sp³-hybridized carbons (Fsp3) is 0.227. The highest BCUT2D eigenvalue weighted by atomic mass is 32.1. The molecular weight excluding hydrogens is 400 g/mol. The van der Waals surface area contributed by atoms with Crippen LogP contribution in [0.5, 0.6) is 0 Å². The monoisotopic (exact) mass is 418 g/mol. The lowest BCUT2D eigenvalue weighted by atomic mass is 9.96. The number of aromatic nitrogens is 2. The zero-order valence-corrected chi connectivity index (χ0v) is 16.9. The average Bonchev–Trinajstić information content (AvgIpc) is 3.12. The lowest BCUT2D eigenvalue weighted by Gasteiger charge is -2.09. The molecule has 1 aromatic carbocycles. The van der Waals surface area contributed by atoms with Crippen molar-refractivity contribution in [1.82, 2.24) is 9.97 Å². The zero-order chi connectivity index (χ0) is 20.9. The first-order chi connectivity index (χ1) is 14.6. The minimum atomic E-state index is -0.661. The fourth-order valence-corrected chi connectivity index (χ4v) is 4.58. The second kappa shape index (κ2) is 8.84. The molecule has 150 valence electrons. The number of rotatable bonds is 5. The van der Waals surface area contributed by atoms with Crippen LogP contribution in [-0.4, -0.2) is 28.5 Å². The number of para-hydroxylation sites is 2. The Kier molecular flexibility index (Phi) is 5.82. The minimum Gasteiger partial charge on any atom is -0.452 e. The van der Waals surface area contributed by atoms with Crippen molar-refractivity contribution in [1.29, 1.82) is 5.26 Å². The van der Waals surface area contributed by atoms with E-state index in [0.717, 1.165) is 47.2 Å². The van der Waals surface area contributed by atoms with E-state index in [2.05, 4.69) is 21.4 Å². The first-order valence-electron chi connectivity index (χ1n) is 9.55. The van der Waals surface area contributed by atoms with Gasteiger partial charge in [0.15, 0.2) is 6.61 Å². The van der Waals surface area contributed by atoms with Gasteiger partial charge in [0.2, 0.25) is 0 Å². The van der Waals surface area contributed by atoms with E-state index in [-0.39, 0.29) is 0 Å². The van der Waals surface area contributed by atoms with Crippen LogP contribution in [0.3, 0.4) is 0 Å². The molecule has 0 radical (unpaired) electrons. The number of esters is 1. The molecule has 4 rings (SSSR count). The molecule has 0 bridgehead atoms. The molecule has 3 aromatic rings. The minimum absolute atomic E-state index is 0.431. The topological polar surface area (TPSA) is 105 Å². The van der Waals surface area contributed by atoms with Crippen LogP contribution in [0.1, 0.15) is 34.5 Å². The summed E-state index contributed by atoms with van der Waals surface area (Å²) in [6, 6.07) is 9.61. The van der Waals surface area contributed by atoms with E-state index in [4.69, 9.17) is 4.74 Å². The molecule has 1 N–H and O–H groups in total. The van der Waals surface area contributed by atoms with Crippen molar-refractivity contribution in [2.24, 2.45) is 0 Å². The van der Waals surface area contributed by atoms with E-state index in [1.807, 2.05) is 24.3 Å². The van der Waals surface area contributed by atoms with Gasteiger partial charge in [0.25, 0.3) is 5.91 Å². The SMILES string of the molecule is N#Cc1c(NC(=O)COC(=O)/C=C/c2cnc3ccccc3n2)sc2c1CCCC2. The van der Waals surface area contributed by atoms with Gasteiger partial charge in [-0.3, -0.25) is 9.78 Å². The molecule has 0 spiro atoms. The molecule has 2 heterocycles. The molecule has 8 heteroatoms. The molecule has 7 nitrogen and oxygen atoms in total. The van der Waals surface area contributed by atoms with Gasteiger partial charge in [0.1, 0.15) is 11.1 Å². The number of fused-ring (bicyclic) bond motifs is 2. The Hall–Kier alpha value is -3.57. The number of hydrogen-bond donors (Lipinski definition) is 1. The van der Waals surface area contributed by atoms with Crippen molar-refractivity contribution in [3.8, 4) is 6.07 Å². The second-order valence-corrected chi connectivity index (χ2v) is 7.90. The zero-order valence-electron chi connectivity index (χ0n) is 16.1. The number of anilines is 1. The predicted molar refractivity (Wildman–Crippen MR) is 114 cm³/mol. The van der Waals surface area contributed by atoms with Gasteiger partial charge in [0.05, 0.1) is 28.5 Å². The van der Waals surface area contributed by atoms with Crippen LogP contribution in [0.15, 0.2) is 36.5 Å². The third-order valence-corrected chi connectivity index (χ3v) is 5.95. The molecule has 2 aromatic heterocycles. The summed E-state index contributed by atoms with van der Waals surface area (Å²) in [5, 5.41) is 12.7. The molecule has 1 aliphatic carbocycles. The summed E-state index contributed by atoms with van der Waals surface area (Å²) in [5.41, 5.74) is 3.57. The number of carbonyl (C=O) groups excluding carboxylic acids is 2. The first kappa shape index (κ1) is 19.7. The van der Waals surface area contributed by atoms with Gasteiger partial charge >= 0.3 is 5.97 Å². The van der Waals surface area contributed by atoms with Gasteiger partial charge in [-0.2, -0.15) is 5.26 Å². The van der Waals surface area contributed by atoms with E-state index in [1.54, 1.807) is 6.20 Å². The quantitative estimate of drug-likeness (QED) is 0.501. The van der Waals surface area contributed by atoms with Gasteiger partial charge in [0, 0.05) is 11.0 Å². The summed E-state index contributed by atoms with van der Waals surface area (Å²) < 4.78 is 5.00. The lowest BCUT2D eigenvalue weighted by Crippen LogP contribution is -2.20. The first-order valence-corrected chi connectivity index (χ1v) is 10.4. The second-order valence-electron chi connectivity index (χ2n) is 6.80. The molecule has 0 aliphatic heterocycles. The Morgan fingerprint density at radius 2 is 2.03 bits per heavy atom. The van der Waals surface area contributed by atoms with Crippen LogP contribution in [0.2, 0.25) is 0 Å². The van der Waals surface area contributed by atoms with Gasteiger partial charge < -0.3 is 10.1 Å². The van der Waals surface area contributed by atoms with E-state index in [0.29, 0.717) is 16.3 Å². The van der Waals surface area contributed by atoms with Crippen LogP contribution in [0.25, 0.3) is 17.1 Å². The van der Waals surface area contributed by atoms with Gasteiger partial charge in [-0.25, -0.2) is 9.78 Å². The Balaban J connectivity index is 1.33. The molecule has 1 aliphatic rings. The van der Waals surface area contributed by atoms with E-state index >= 15 is 0 Å². The largest absolute Gasteiger partial charge is 0.452 e. The Labute approximate surface area is 177 Å². The standard InChI is InChI=1S/C22H18N4O3S/c23-11-16-15-5-1-4-8-19(15)30-22(16)26-20(27)13-29-21(28)10-9-14-12-24-17-6-2-3-7-18(17)25-14/h2-3,6-7,9-10,12H,1,4-5,8,13H2,(H,26,27)/b10-9+. The van der Waals surface area contributed by atoms with Gasteiger partial charge in [-0.15, -0.1) is 11.3 Å². The molecule has 1 amide bonds. The van der Waals surface area contributed by atoms with Crippen LogP contribution < -0.4 is 5.32 Å². The van der Waals surface area contributed by atoms with Crippen LogP contribution in [0, 0.1) is 11.3 Å². The van der Waals surface area contributed by atoms with Crippen molar-refractivity contribution in [2.45, 2.75) is 25.7 Å². The summed E-state index contributed by atoms with van der Waals surface area (Å²) in [6.07, 6.45) is 8.19. The normalized spacial score (nSPS) is 13.0. The van der Waals surface area contributed by atoms with E-state index in [1.165, 1.54) is 23.5 Å². The fourth-order valence-electron chi connectivity index (χ4n) is 3.32. The molecule has 0 atom stereocenters. The highest BCUT2D eigenvalue weighted by Crippen LogP contribution is 2.37. The number of nitrogens with one attached hydrogen (secondary N) is 1. The number of ether oxygens (including phenoxy) is 1. The van der Waals surface area contributed by atoms with Crippen molar-refractivity contribution >= 4 is 45.3 Å². The molecular formula is C22H18N4O3S. The van der Waals surface area contributed by atoms with Crippen molar-refractivity contribution in [2.75, 3.05) is 11.9 Å². The number of nitriles is 1. The predicted octanol–water partition coefficient (Wildman–Crippen LogP) is 3.64. The Morgan fingerprint density at radius 1 is 1.23 bits per heavy atom. The van der Waals surface area contributed by atoms with E-state index in [9.17, 15) is 14.9 Å². The Bertz CT molecular complexity index is 1190. The van der Waals surface area contributed by atoms with Gasteiger partial charge in [-0.05, 0) is 49.5 Å². The summed E-state index contributed by atoms with van der Waals surface area (Å²) in [4.78, 5) is 33.9. The van der Waals surface area contributed by atoms with Crippen LogP contribution >= 0.6 is 11.3 Å². The summed E-state index contributed by atoms with van der Waals surface area (Å²) in [5.74, 6) is -1.14. The lowest BCUT2D eigenvalue weighted by molar-refractivity contribution is -0.142. The molecule has 30 heavy (non-hydrogen) atoms. The van der Waals surface area contributed by atoms with Crippen molar-refractivity contribution in [3.05, 3.63) is 58.2 Å². The maximum Gasteiger partial charge on any atom is 0.331 e. The van der Waals surface area contributed by atoms with Crippen molar-refractivity contribution < 1.29 is 14.3 Å². The number of nitrogens with zero attached hydrogens (tertiary/aromatic N) is 3. The third-order valence-electron chi connectivity index (χ3n) is 4.74. The van der Waals surface area contributed by atoms with Crippen molar-refractivity contribution in [3.63, 3.8) is 0 Å². The highest BCUT2D eigenvalue weighted by Gasteiger charge is 2.21. The summed E-state index contributed by atoms with van der Waals surface area (Å²) in [6.45, 7) is -0.431. The maximum atomic E-state index is 12.2. The van der Waals surface area contributed by atoms with E-state index < -0.39 is 18.5 Å². The summed E-state index contributed by atoms with van der Waals surface area (Å²) in [7, 11) is 0. The van der Waals surface area contributed by atoms with Gasteiger partial charge in [-0.1, -0.05) is 12.1 Å². The van der Waals surface area contributed by atoms with Crippen LogP contribution in [-0.2, 0) is 27.2 Å². The molecule has 0 saturated heterocycles. The number of amides is 1. The maximum absolute atomic E-state index is 12.2. The average molecular weight is 418 g/mol. The smallest absolute Gasteiger partial charge is 0.331 e. The number of thiophene rings is 1. The number of aryl methyl sites for hydroxylation is 1. The molecule has 0 fully saturated rings. The number of benzene rings is 1. The third kappa shape index (κ3) is 4.36. The number of carbonyl (C=O) groups is 2. The molecule has 0 saturated carbocycles. The number of hydrogen-bond acceptors (Lipinski definition) is 7. The van der Waals surface area contributed by atoms with Crippen LogP contribution in [0.4, 0.5) is 5.00 Å². The summed E-state index contributed by atoms with van der Waals surface area (Å²) >= 11 is 1.43.